The third kappa shape index (κ3) is 2.44. The molecule has 0 bridgehead atoms. The third-order valence-corrected chi connectivity index (χ3v) is 3.79. The van der Waals surface area contributed by atoms with Gasteiger partial charge in [0.1, 0.15) is 5.75 Å². The second-order valence-electron chi connectivity index (χ2n) is 3.63. The highest BCUT2D eigenvalue weighted by Gasteiger charge is 2.07. The highest BCUT2D eigenvalue weighted by molar-refractivity contribution is 9.10. The molecule has 2 rings (SSSR count). The van der Waals surface area contributed by atoms with Crippen LogP contribution in [0.1, 0.15) is 16.1 Å². The Labute approximate surface area is 107 Å². The van der Waals surface area contributed by atoms with E-state index in [0.717, 1.165) is 21.5 Å². The Morgan fingerprint density at radius 1 is 1.25 bits per heavy atom. The maximum atomic E-state index is 5.75. The average Bonchev–Trinajstić information content (AvgIpc) is 2.51. The molecule has 0 amide bonds. The molecular weight excluding hydrogens is 286 g/mol. The molecular formula is C12H12BrNOS. The lowest BCUT2D eigenvalue weighted by atomic mass is 10.2. The van der Waals surface area contributed by atoms with Crippen LogP contribution in [0.2, 0.25) is 0 Å². The van der Waals surface area contributed by atoms with E-state index in [1.54, 1.807) is 11.3 Å². The van der Waals surface area contributed by atoms with E-state index >= 15 is 0 Å². The molecule has 0 aliphatic rings. The van der Waals surface area contributed by atoms with Gasteiger partial charge in [0.15, 0.2) is 0 Å². The third-order valence-electron chi connectivity index (χ3n) is 2.34. The van der Waals surface area contributed by atoms with E-state index in [4.69, 9.17) is 4.74 Å². The van der Waals surface area contributed by atoms with Crippen molar-refractivity contribution >= 4 is 27.3 Å². The molecule has 0 aliphatic heterocycles. The summed E-state index contributed by atoms with van der Waals surface area (Å²) >= 11 is 5.01. The molecule has 0 aliphatic carbocycles. The van der Waals surface area contributed by atoms with Crippen molar-refractivity contribution in [3.8, 4) is 10.9 Å². The van der Waals surface area contributed by atoms with Crippen LogP contribution in [0, 0.1) is 20.8 Å². The predicted octanol–water partition coefficient (Wildman–Crippen LogP) is 4.62. The van der Waals surface area contributed by atoms with Crippen LogP contribution in [0.25, 0.3) is 0 Å². The monoisotopic (exact) mass is 297 g/mol. The maximum absolute atomic E-state index is 5.75. The van der Waals surface area contributed by atoms with Gasteiger partial charge >= 0.3 is 0 Å². The molecule has 4 heteroatoms. The molecule has 0 fully saturated rings. The molecule has 0 spiro atoms. The standard InChI is InChI=1S/C12H12BrNOS/c1-7-6-10(13)4-5-11(7)15-12-14-8(2)9(3)16-12/h4-6H,1-3H3. The summed E-state index contributed by atoms with van der Waals surface area (Å²) in [6.07, 6.45) is 0. The predicted molar refractivity (Wildman–Crippen MR) is 70.5 cm³/mol. The van der Waals surface area contributed by atoms with Crippen LogP contribution in [0.5, 0.6) is 10.9 Å². The fourth-order valence-corrected chi connectivity index (χ4v) is 2.55. The van der Waals surface area contributed by atoms with Crippen molar-refractivity contribution in [2.24, 2.45) is 0 Å². The molecule has 0 radical (unpaired) electrons. The van der Waals surface area contributed by atoms with Crippen molar-refractivity contribution in [2.45, 2.75) is 20.8 Å². The van der Waals surface area contributed by atoms with E-state index in [1.807, 2.05) is 39.0 Å². The number of ether oxygens (including phenoxy) is 1. The molecule has 16 heavy (non-hydrogen) atoms. The molecule has 1 heterocycles. The largest absolute Gasteiger partial charge is 0.431 e. The number of benzene rings is 1. The summed E-state index contributed by atoms with van der Waals surface area (Å²) in [5.41, 5.74) is 2.13. The van der Waals surface area contributed by atoms with E-state index < -0.39 is 0 Å². The van der Waals surface area contributed by atoms with E-state index in [-0.39, 0.29) is 0 Å². The summed E-state index contributed by atoms with van der Waals surface area (Å²) < 4.78 is 6.81. The Morgan fingerprint density at radius 3 is 2.56 bits per heavy atom. The van der Waals surface area contributed by atoms with Crippen molar-refractivity contribution in [3.05, 3.63) is 38.8 Å². The molecule has 84 valence electrons. The van der Waals surface area contributed by atoms with Crippen LogP contribution in [-0.2, 0) is 0 Å². The van der Waals surface area contributed by atoms with Crippen molar-refractivity contribution < 1.29 is 4.74 Å². The number of halogens is 1. The molecule has 0 saturated heterocycles. The Balaban J connectivity index is 2.27. The Kier molecular flexibility index (Phi) is 3.30. The smallest absolute Gasteiger partial charge is 0.279 e. The van der Waals surface area contributed by atoms with Gasteiger partial charge in [-0.1, -0.05) is 27.3 Å². The molecule has 2 aromatic rings. The summed E-state index contributed by atoms with van der Waals surface area (Å²) in [6, 6.07) is 5.95. The minimum absolute atomic E-state index is 0.709. The maximum Gasteiger partial charge on any atom is 0.279 e. The molecule has 0 saturated carbocycles. The molecule has 0 N–H and O–H groups in total. The fourth-order valence-electron chi connectivity index (χ4n) is 1.31. The summed E-state index contributed by atoms with van der Waals surface area (Å²) in [5.74, 6) is 0.858. The van der Waals surface area contributed by atoms with Crippen LogP contribution in [-0.4, -0.2) is 4.98 Å². The minimum Gasteiger partial charge on any atom is -0.431 e. The Morgan fingerprint density at radius 2 is 2.00 bits per heavy atom. The van der Waals surface area contributed by atoms with Crippen LogP contribution < -0.4 is 4.74 Å². The van der Waals surface area contributed by atoms with Crippen LogP contribution in [0.15, 0.2) is 22.7 Å². The van der Waals surface area contributed by atoms with E-state index in [9.17, 15) is 0 Å². The van der Waals surface area contributed by atoms with Crippen LogP contribution in [0.3, 0.4) is 0 Å². The van der Waals surface area contributed by atoms with Crippen molar-refractivity contribution in [1.82, 2.24) is 4.98 Å². The van der Waals surface area contributed by atoms with Gasteiger partial charge in [-0.25, -0.2) is 4.98 Å². The van der Waals surface area contributed by atoms with E-state index in [1.165, 1.54) is 4.88 Å². The molecule has 0 atom stereocenters. The number of aryl methyl sites for hydroxylation is 3. The van der Waals surface area contributed by atoms with Crippen molar-refractivity contribution in [2.75, 3.05) is 0 Å². The van der Waals surface area contributed by atoms with E-state index in [2.05, 4.69) is 20.9 Å². The minimum atomic E-state index is 0.709. The van der Waals surface area contributed by atoms with Gasteiger partial charge in [-0.2, -0.15) is 0 Å². The van der Waals surface area contributed by atoms with Gasteiger partial charge in [0.25, 0.3) is 5.19 Å². The van der Waals surface area contributed by atoms with E-state index in [0.29, 0.717) is 5.19 Å². The zero-order valence-electron chi connectivity index (χ0n) is 9.37. The second-order valence-corrected chi connectivity index (χ2v) is 5.71. The Bertz CT molecular complexity index is 502. The summed E-state index contributed by atoms with van der Waals surface area (Å²) in [6.45, 7) is 6.06. The summed E-state index contributed by atoms with van der Waals surface area (Å²) in [4.78, 5) is 5.55. The average molecular weight is 298 g/mol. The number of rotatable bonds is 2. The number of hydrogen-bond donors (Lipinski definition) is 0. The number of hydrogen-bond acceptors (Lipinski definition) is 3. The first-order chi connectivity index (χ1) is 7.56. The van der Waals surface area contributed by atoms with Gasteiger partial charge in [-0.3, -0.25) is 0 Å². The Hall–Kier alpha value is -0.870. The highest BCUT2D eigenvalue weighted by atomic mass is 79.9. The first-order valence-electron chi connectivity index (χ1n) is 4.94. The van der Waals surface area contributed by atoms with Gasteiger partial charge in [-0.15, -0.1) is 0 Å². The lowest BCUT2D eigenvalue weighted by Crippen LogP contribution is -1.86. The summed E-state index contributed by atoms with van der Waals surface area (Å²) in [5, 5.41) is 0.709. The lowest BCUT2D eigenvalue weighted by Gasteiger charge is -2.05. The van der Waals surface area contributed by atoms with Crippen molar-refractivity contribution in [1.29, 1.82) is 0 Å². The normalized spacial score (nSPS) is 10.5. The zero-order chi connectivity index (χ0) is 11.7. The fraction of sp³-hybridized carbons (Fsp3) is 0.250. The van der Waals surface area contributed by atoms with Gasteiger partial charge in [-0.05, 0) is 44.5 Å². The number of aromatic nitrogens is 1. The second kappa shape index (κ2) is 4.55. The number of thiazole rings is 1. The van der Waals surface area contributed by atoms with Gasteiger partial charge in [0, 0.05) is 9.35 Å². The molecule has 1 aromatic heterocycles. The molecule has 0 unspecified atom stereocenters. The van der Waals surface area contributed by atoms with Gasteiger partial charge < -0.3 is 4.74 Å². The van der Waals surface area contributed by atoms with Gasteiger partial charge in [0.05, 0.1) is 5.69 Å². The highest BCUT2D eigenvalue weighted by Crippen LogP contribution is 2.31. The first kappa shape index (κ1) is 11.6. The van der Waals surface area contributed by atoms with Crippen molar-refractivity contribution in [3.63, 3.8) is 0 Å². The number of nitrogens with zero attached hydrogens (tertiary/aromatic N) is 1. The van der Waals surface area contributed by atoms with Crippen LogP contribution >= 0.6 is 27.3 Å². The quantitative estimate of drug-likeness (QED) is 0.807. The first-order valence-corrected chi connectivity index (χ1v) is 6.55. The molecule has 2 nitrogen and oxygen atoms in total. The zero-order valence-corrected chi connectivity index (χ0v) is 11.8. The molecule has 1 aromatic carbocycles. The topological polar surface area (TPSA) is 22.1 Å². The summed E-state index contributed by atoms with van der Waals surface area (Å²) in [7, 11) is 0. The lowest BCUT2D eigenvalue weighted by molar-refractivity contribution is 0.474. The van der Waals surface area contributed by atoms with Gasteiger partial charge in [0.2, 0.25) is 0 Å². The SMILES string of the molecule is Cc1cc(Br)ccc1Oc1nc(C)c(C)s1. The van der Waals surface area contributed by atoms with Crippen LogP contribution in [0.4, 0.5) is 0 Å².